The average molecular weight is 595 g/mol. The third kappa shape index (κ3) is 5.98. The maximum atomic E-state index is 13.3. The van der Waals surface area contributed by atoms with Gasteiger partial charge in [-0.3, -0.25) is 4.79 Å². The minimum atomic E-state index is -0.316. The smallest absolute Gasteiger partial charge is 0.291 e. The molecular formula is C31H33Cl2N5O3. The number of halogens is 2. The zero-order valence-electron chi connectivity index (χ0n) is 23.3. The molecule has 0 atom stereocenters. The molecule has 1 aromatic heterocycles. The molecular weight excluding hydrogens is 561 g/mol. The van der Waals surface area contributed by atoms with Crippen LogP contribution in [0.5, 0.6) is 5.75 Å². The van der Waals surface area contributed by atoms with E-state index < -0.39 is 0 Å². The molecule has 214 valence electrons. The summed E-state index contributed by atoms with van der Waals surface area (Å²) in [4.78, 5) is 20.1. The van der Waals surface area contributed by atoms with Gasteiger partial charge < -0.3 is 29.9 Å². The summed E-state index contributed by atoms with van der Waals surface area (Å²) in [6.07, 6.45) is 0.850. The van der Waals surface area contributed by atoms with Gasteiger partial charge >= 0.3 is 0 Å². The minimum Gasteiger partial charge on any atom is -0.496 e. The van der Waals surface area contributed by atoms with Crippen LogP contribution in [-0.4, -0.2) is 59.3 Å². The number of hydrogen-bond donors (Lipinski definition) is 3. The second kappa shape index (κ2) is 12.6. The molecule has 3 aromatic carbocycles. The molecule has 3 N–H and O–H groups in total. The van der Waals surface area contributed by atoms with Crippen molar-refractivity contribution in [2.24, 2.45) is 7.05 Å². The Balaban J connectivity index is 1.43. The molecule has 0 radical (unpaired) electrons. The summed E-state index contributed by atoms with van der Waals surface area (Å²) in [6, 6.07) is 17.2. The molecule has 2 heterocycles. The third-order valence-corrected chi connectivity index (χ3v) is 8.20. The van der Waals surface area contributed by atoms with Crippen molar-refractivity contribution in [1.82, 2.24) is 19.8 Å². The maximum absolute atomic E-state index is 13.3. The molecule has 0 spiro atoms. The van der Waals surface area contributed by atoms with Crippen molar-refractivity contribution in [2.45, 2.75) is 19.5 Å². The number of nitrogens with zero attached hydrogens (tertiary/aromatic N) is 3. The Morgan fingerprint density at radius 3 is 2.54 bits per heavy atom. The Hall–Kier alpha value is -3.40. The topological polar surface area (TPSA) is 91.7 Å². The molecule has 0 bridgehead atoms. The lowest BCUT2D eigenvalue weighted by molar-refractivity contribution is 0.101. The van der Waals surface area contributed by atoms with Gasteiger partial charge in [0.05, 0.1) is 35.1 Å². The fourth-order valence-electron chi connectivity index (χ4n) is 5.20. The summed E-state index contributed by atoms with van der Waals surface area (Å²) in [5.41, 5.74) is 6.64. The largest absolute Gasteiger partial charge is 0.496 e. The first-order valence-corrected chi connectivity index (χ1v) is 14.2. The molecule has 5 rings (SSSR count). The Kier molecular flexibility index (Phi) is 8.97. The van der Waals surface area contributed by atoms with E-state index >= 15 is 0 Å². The summed E-state index contributed by atoms with van der Waals surface area (Å²) in [5, 5.41) is 16.1. The predicted molar refractivity (Wildman–Crippen MR) is 164 cm³/mol. The number of rotatable bonds is 9. The first-order chi connectivity index (χ1) is 19.8. The van der Waals surface area contributed by atoms with E-state index in [1.54, 1.807) is 13.2 Å². The third-order valence-electron chi connectivity index (χ3n) is 7.39. The van der Waals surface area contributed by atoms with Crippen LogP contribution in [0.2, 0.25) is 10.0 Å². The molecule has 0 saturated carbocycles. The highest BCUT2D eigenvalue weighted by molar-refractivity contribution is 6.39. The average Bonchev–Trinajstić information content (AvgIpc) is 3.30. The first kappa shape index (κ1) is 29.1. The van der Waals surface area contributed by atoms with Gasteiger partial charge in [0.25, 0.3) is 5.91 Å². The van der Waals surface area contributed by atoms with Gasteiger partial charge in [-0.1, -0.05) is 65.7 Å². The number of carbonyl (C=O) groups is 1. The van der Waals surface area contributed by atoms with Crippen LogP contribution in [0.4, 0.5) is 5.69 Å². The highest BCUT2D eigenvalue weighted by atomic mass is 35.5. The monoisotopic (exact) mass is 593 g/mol. The van der Waals surface area contributed by atoms with Crippen LogP contribution in [0, 0.1) is 0 Å². The maximum Gasteiger partial charge on any atom is 0.291 e. The number of hydrogen-bond acceptors (Lipinski definition) is 6. The van der Waals surface area contributed by atoms with Gasteiger partial charge in [0.2, 0.25) is 0 Å². The summed E-state index contributed by atoms with van der Waals surface area (Å²) in [6.45, 7) is 2.79. The Bertz CT molecular complexity index is 1590. The number of aliphatic hydroxyl groups excluding tert-OH is 1. The van der Waals surface area contributed by atoms with Crippen LogP contribution in [0.1, 0.15) is 27.6 Å². The van der Waals surface area contributed by atoms with E-state index in [-0.39, 0.29) is 12.5 Å². The van der Waals surface area contributed by atoms with Gasteiger partial charge in [0, 0.05) is 67.6 Å². The number of carbonyl (C=O) groups excluding carboxylic acids is 1. The molecule has 0 fully saturated rings. The van der Waals surface area contributed by atoms with Crippen LogP contribution in [0.3, 0.4) is 0 Å². The minimum absolute atomic E-state index is 0.0684. The van der Waals surface area contributed by atoms with Gasteiger partial charge in [-0.05, 0) is 24.7 Å². The molecule has 0 aliphatic carbocycles. The van der Waals surface area contributed by atoms with E-state index in [0.717, 1.165) is 58.9 Å². The van der Waals surface area contributed by atoms with E-state index in [4.69, 9.17) is 33.0 Å². The first-order valence-electron chi connectivity index (χ1n) is 13.4. The number of aromatic nitrogens is 2. The zero-order valence-corrected chi connectivity index (χ0v) is 24.8. The van der Waals surface area contributed by atoms with E-state index in [9.17, 15) is 4.79 Å². The number of nitrogens with one attached hydrogen (secondary N) is 2. The standard InChI is InChI=1S/C31H33Cl2N5O3/c1-37-14-12-26-25(18-37)35-30(38(26)2)31(40)36-24-9-5-8-23(29(24)33)22-7-4-6-21(28(22)32)19-10-11-20(17-34-13-15-39)27(16-19)41-3/h4-11,16,34,39H,12-15,17-18H2,1-3H3,(H,36,40). The van der Waals surface area contributed by atoms with Crippen LogP contribution in [0.15, 0.2) is 54.6 Å². The Morgan fingerprint density at radius 1 is 1.05 bits per heavy atom. The number of ether oxygens (including phenoxy) is 1. The second-order valence-corrected chi connectivity index (χ2v) is 10.8. The number of aliphatic hydroxyl groups is 1. The molecule has 4 aromatic rings. The Morgan fingerprint density at radius 2 is 1.78 bits per heavy atom. The predicted octanol–water partition coefficient (Wildman–Crippen LogP) is 5.39. The number of anilines is 1. The summed E-state index contributed by atoms with van der Waals surface area (Å²) in [5.74, 6) is 0.764. The molecule has 41 heavy (non-hydrogen) atoms. The van der Waals surface area contributed by atoms with Gasteiger partial charge in [-0.15, -0.1) is 0 Å². The zero-order chi connectivity index (χ0) is 29.1. The molecule has 0 unspecified atom stereocenters. The lowest BCUT2D eigenvalue weighted by atomic mass is 9.97. The summed E-state index contributed by atoms with van der Waals surface area (Å²) in [7, 11) is 5.56. The van der Waals surface area contributed by atoms with E-state index in [1.807, 2.05) is 67.2 Å². The van der Waals surface area contributed by atoms with Crippen molar-refractivity contribution in [2.75, 3.05) is 39.2 Å². The van der Waals surface area contributed by atoms with Crippen molar-refractivity contribution in [3.8, 4) is 28.0 Å². The molecule has 1 amide bonds. The molecule has 10 heteroatoms. The lowest BCUT2D eigenvalue weighted by Crippen LogP contribution is -2.27. The number of fused-ring (bicyclic) bond motifs is 1. The summed E-state index contributed by atoms with van der Waals surface area (Å²) >= 11 is 13.9. The van der Waals surface area contributed by atoms with Crippen LogP contribution >= 0.6 is 23.2 Å². The second-order valence-electron chi connectivity index (χ2n) is 10.1. The van der Waals surface area contributed by atoms with Gasteiger partial charge in [-0.25, -0.2) is 4.98 Å². The van der Waals surface area contributed by atoms with Gasteiger partial charge in [-0.2, -0.15) is 0 Å². The fraction of sp³-hybridized carbons (Fsp3) is 0.290. The van der Waals surface area contributed by atoms with Crippen molar-refractivity contribution in [1.29, 1.82) is 0 Å². The summed E-state index contributed by atoms with van der Waals surface area (Å²) < 4.78 is 7.50. The number of likely N-dealkylation sites (N-methyl/N-ethyl adjacent to an activating group) is 1. The molecule has 0 saturated heterocycles. The van der Waals surface area contributed by atoms with Crippen molar-refractivity contribution in [3.63, 3.8) is 0 Å². The molecule has 1 aliphatic rings. The van der Waals surface area contributed by atoms with Crippen LogP contribution < -0.4 is 15.4 Å². The highest BCUT2D eigenvalue weighted by Gasteiger charge is 2.25. The molecule has 1 aliphatic heterocycles. The SMILES string of the molecule is COc1cc(-c2cccc(-c3cccc(NC(=O)c4nc5c(n4C)CCN(C)C5)c3Cl)c2Cl)ccc1CNCCO. The van der Waals surface area contributed by atoms with Gasteiger partial charge in [0.15, 0.2) is 5.82 Å². The van der Waals surface area contributed by atoms with E-state index in [1.165, 1.54) is 0 Å². The number of benzene rings is 3. The molecule has 8 nitrogen and oxygen atoms in total. The Labute approximate surface area is 249 Å². The lowest BCUT2D eigenvalue weighted by Gasteiger charge is -2.21. The highest BCUT2D eigenvalue weighted by Crippen LogP contribution is 2.42. The van der Waals surface area contributed by atoms with E-state index in [0.29, 0.717) is 40.2 Å². The quantitative estimate of drug-likeness (QED) is 0.225. The van der Waals surface area contributed by atoms with Crippen molar-refractivity contribution in [3.05, 3.63) is 87.4 Å². The van der Waals surface area contributed by atoms with Gasteiger partial charge in [0.1, 0.15) is 5.75 Å². The number of amides is 1. The fourth-order valence-corrected chi connectivity index (χ4v) is 5.81. The number of methoxy groups -OCH3 is 1. The van der Waals surface area contributed by atoms with Crippen LogP contribution in [-0.2, 0) is 26.6 Å². The van der Waals surface area contributed by atoms with Crippen molar-refractivity contribution < 1.29 is 14.6 Å². The normalized spacial score (nSPS) is 13.2. The van der Waals surface area contributed by atoms with Crippen molar-refractivity contribution >= 4 is 34.8 Å². The number of imidazole rings is 1. The van der Waals surface area contributed by atoms with E-state index in [2.05, 4.69) is 20.5 Å². The van der Waals surface area contributed by atoms with Crippen LogP contribution in [0.25, 0.3) is 22.3 Å².